The van der Waals surface area contributed by atoms with Crippen molar-refractivity contribution in [3.63, 3.8) is 0 Å². The molecule has 3 heterocycles. The molecular formula is C18H20N2O5. The van der Waals surface area contributed by atoms with Crippen LogP contribution >= 0.6 is 0 Å². The summed E-state index contributed by atoms with van der Waals surface area (Å²) in [6.07, 6.45) is 0. The smallest absolute Gasteiger partial charge is 0.308 e. The van der Waals surface area contributed by atoms with Crippen molar-refractivity contribution in [3.05, 3.63) is 23.8 Å². The Labute approximate surface area is 144 Å². The van der Waals surface area contributed by atoms with Crippen LogP contribution in [0.5, 0.6) is 11.5 Å². The van der Waals surface area contributed by atoms with Crippen LogP contribution in [0, 0.1) is 23.7 Å². The molecule has 1 aliphatic carbocycles. The molecular weight excluding hydrogens is 324 g/mol. The number of rotatable bonds is 3. The minimum atomic E-state index is -0.851. The predicted molar refractivity (Wildman–Crippen MR) is 86.4 cm³/mol. The summed E-state index contributed by atoms with van der Waals surface area (Å²) in [5, 5.41) is 12.9. The highest BCUT2D eigenvalue weighted by Gasteiger charge is 2.59. The summed E-state index contributed by atoms with van der Waals surface area (Å²) in [6, 6.07) is 5.56. The number of likely N-dealkylation sites (tertiary alicyclic amines) is 1. The van der Waals surface area contributed by atoms with Crippen LogP contribution in [0.3, 0.4) is 0 Å². The van der Waals surface area contributed by atoms with Gasteiger partial charge in [0, 0.05) is 24.9 Å². The van der Waals surface area contributed by atoms with Crippen molar-refractivity contribution in [2.45, 2.75) is 5.92 Å². The number of carbonyl (C=O) groups is 2. The largest absolute Gasteiger partial charge is 0.481 e. The summed E-state index contributed by atoms with van der Waals surface area (Å²) in [5.74, 6) is 0.788. The Morgan fingerprint density at radius 3 is 2.64 bits per heavy atom. The predicted octanol–water partition coefficient (Wildman–Crippen LogP) is 0.507. The molecule has 0 radical (unpaired) electrons. The van der Waals surface area contributed by atoms with E-state index in [9.17, 15) is 14.7 Å². The van der Waals surface area contributed by atoms with Crippen LogP contribution < -0.4 is 14.8 Å². The number of carboxylic acid groups (broad SMARTS) is 1. The fourth-order valence-electron chi connectivity index (χ4n) is 4.71. The number of nitrogens with zero attached hydrogens (tertiary/aromatic N) is 1. The Balaban J connectivity index is 1.37. The van der Waals surface area contributed by atoms with Crippen molar-refractivity contribution in [2.75, 3.05) is 33.0 Å². The number of hydrogen-bond donors (Lipinski definition) is 2. The lowest BCUT2D eigenvalue weighted by atomic mass is 9.89. The van der Waals surface area contributed by atoms with E-state index in [4.69, 9.17) is 9.47 Å². The number of nitrogens with one attached hydrogen (secondary N) is 1. The summed E-state index contributed by atoms with van der Waals surface area (Å²) in [6.45, 7) is 2.75. The van der Waals surface area contributed by atoms with Gasteiger partial charge in [-0.05, 0) is 42.6 Å². The maximum Gasteiger partial charge on any atom is 0.308 e. The van der Waals surface area contributed by atoms with Crippen LogP contribution in [-0.2, 0) is 9.59 Å². The Kier molecular flexibility index (Phi) is 3.22. The molecule has 2 saturated heterocycles. The van der Waals surface area contributed by atoms with Gasteiger partial charge in [0.2, 0.25) is 12.7 Å². The van der Waals surface area contributed by atoms with Crippen molar-refractivity contribution in [3.8, 4) is 11.5 Å². The van der Waals surface area contributed by atoms with E-state index in [2.05, 4.69) is 5.32 Å². The number of benzene rings is 1. The molecule has 132 valence electrons. The molecule has 7 heteroatoms. The first-order chi connectivity index (χ1) is 12.1. The average Bonchev–Trinajstić information content (AvgIpc) is 3.09. The number of carbonyl (C=O) groups excluding carboxylic acids is 1. The molecule has 1 aromatic rings. The van der Waals surface area contributed by atoms with E-state index in [1.807, 2.05) is 18.2 Å². The highest BCUT2D eigenvalue weighted by atomic mass is 16.7. The number of hydrogen-bond acceptors (Lipinski definition) is 5. The molecule has 7 nitrogen and oxygen atoms in total. The Morgan fingerprint density at radius 2 is 1.88 bits per heavy atom. The van der Waals surface area contributed by atoms with Gasteiger partial charge < -0.3 is 24.8 Å². The molecule has 3 aliphatic heterocycles. The molecule has 1 aromatic carbocycles. The van der Waals surface area contributed by atoms with Crippen molar-refractivity contribution in [1.29, 1.82) is 0 Å². The first kappa shape index (κ1) is 15.0. The van der Waals surface area contributed by atoms with Gasteiger partial charge in [0.1, 0.15) is 0 Å². The summed E-state index contributed by atoms with van der Waals surface area (Å²) < 4.78 is 10.7. The molecule has 0 bridgehead atoms. The summed E-state index contributed by atoms with van der Waals surface area (Å²) in [7, 11) is 0. The molecule has 2 N–H and O–H groups in total. The van der Waals surface area contributed by atoms with E-state index in [0.717, 1.165) is 18.7 Å². The minimum absolute atomic E-state index is 0.0891. The highest BCUT2D eigenvalue weighted by molar-refractivity contribution is 5.84. The van der Waals surface area contributed by atoms with Crippen LogP contribution in [0.2, 0.25) is 0 Å². The summed E-state index contributed by atoms with van der Waals surface area (Å²) >= 11 is 0. The van der Waals surface area contributed by atoms with Crippen molar-refractivity contribution in [2.24, 2.45) is 23.7 Å². The zero-order valence-corrected chi connectivity index (χ0v) is 13.7. The van der Waals surface area contributed by atoms with Crippen molar-refractivity contribution < 1.29 is 24.2 Å². The van der Waals surface area contributed by atoms with Crippen LogP contribution in [0.15, 0.2) is 18.2 Å². The van der Waals surface area contributed by atoms with E-state index >= 15 is 0 Å². The van der Waals surface area contributed by atoms with Crippen LogP contribution in [0.25, 0.3) is 0 Å². The van der Waals surface area contributed by atoms with Gasteiger partial charge in [-0.3, -0.25) is 9.59 Å². The zero-order valence-electron chi connectivity index (χ0n) is 13.7. The van der Waals surface area contributed by atoms with Crippen LogP contribution in [0.4, 0.5) is 0 Å². The first-order valence-electron chi connectivity index (χ1n) is 8.75. The van der Waals surface area contributed by atoms with E-state index in [0.29, 0.717) is 29.9 Å². The van der Waals surface area contributed by atoms with Gasteiger partial charge in [-0.1, -0.05) is 6.07 Å². The fraction of sp³-hybridized carbons (Fsp3) is 0.556. The van der Waals surface area contributed by atoms with Gasteiger partial charge in [-0.2, -0.15) is 0 Å². The number of carboxylic acids is 1. The topological polar surface area (TPSA) is 88.1 Å². The van der Waals surface area contributed by atoms with Crippen molar-refractivity contribution in [1.82, 2.24) is 10.2 Å². The van der Waals surface area contributed by atoms with Gasteiger partial charge in [0.05, 0.1) is 5.92 Å². The lowest BCUT2D eigenvalue weighted by Gasteiger charge is -2.18. The average molecular weight is 344 g/mol. The summed E-state index contributed by atoms with van der Waals surface area (Å²) in [5.41, 5.74) is 0.893. The van der Waals surface area contributed by atoms with Crippen molar-refractivity contribution >= 4 is 11.9 Å². The molecule has 0 spiro atoms. The quantitative estimate of drug-likeness (QED) is 0.831. The minimum Gasteiger partial charge on any atom is -0.481 e. The second kappa shape index (κ2) is 5.36. The van der Waals surface area contributed by atoms with Gasteiger partial charge >= 0.3 is 5.97 Å². The molecule has 3 fully saturated rings. The monoisotopic (exact) mass is 344 g/mol. The first-order valence-corrected chi connectivity index (χ1v) is 8.75. The molecule has 4 aliphatic rings. The Bertz CT molecular complexity index is 741. The Hall–Kier alpha value is -2.28. The van der Waals surface area contributed by atoms with Gasteiger partial charge in [-0.15, -0.1) is 0 Å². The number of aliphatic carboxylic acids is 1. The van der Waals surface area contributed by atoms with Gasteiger partial charge in [-0.25, -0.2) is 0 Å². The molecule has 5 atom stereocenters. The Morgan fingerprint density at radius 1 is 1.12 bits per heavy atom. The highest BCUT2D eigenvalue weighted by Crippen LogP contribution is 2.50. The molecule has 1 saturated carbocycles. The number of piperidine rings is 1. The number of ether oxygens (including phenoxy) is 2. The molecule has 5 rings (SSSR count). The number of fused-ring (bicyclic) bond motifs is 2. The molecule has 1 unspecified atom stereocenters. The maximum atomic E-state index is 12.8. The second-order valence-corrected chi connectivity index (χ2v) is 7.42. The standard InChI is InChI=1S/C18H20N2O5/c21-17(16-10-4-19-5-11(10)16)20-6-12(13(7-20)18(22)23)9-1-2-14-15(3-9)25-8-24-14/h1-3,10-13,16,19H,4-8H2,(H,22,23)/t10-,11+,12-,13+,16?/m0/s1. The SMILES string of the molecule is O=C(O)[C@@H]1CN(C(=O)C2[C@H]3CNC[C@@H]23)C[C@H]1c1ccc2c(c1)OCO2. The van der Waals surface area contributed by atoms with E-state index < -0.39 is 11.9 Å². The molecule has 1 amide bonds. The van der Waals surface area contributed by atoms with E-state index in [-0.39, 0.29) is 31.1 Å². The maximum absolute atomic E-state index is 12.8. The number of amides is 1. The third-order valence-electron chi connectivity index (χ3n) is 6.15. The second-order valence-electron chi connectivity index (χ2n) is 7.42. The molecule has 25 heavy (non-hydrogen) atoms. The van der Waals surface area contributed by atoms with Crippen LogP contribution in [-0.4, -0.2) is 54.9 Å². The molecule has 0 aromatic heterocycles. The van der Waals surface area contributed by atoms with E-state index in [1.165, 1.54) is 0 Å². The summed E-state index contributed by atoms with van der Waals surface area (Å²) in [4.78, 5) is 26.3. The van der Waals surface area contributed by atoms with E-state index in [1.54, 1.807) is 4.90 Å². The zero-order chi connectivity index (χ0) is 17.1. The lowest BCUT2D eigenvalue weighted by Crippen LogP contribution is -2.34. The third-order valence-corrected chi connectivity index (χ3v) is 6.15. The van der Waals surface area contributed by atoms with Gasteiger partial charge in [0.25, 0.3) is 0 Å². The lowest BCUT2D eigenvalue weighted by molar-refractivity contribution is -0.142. The van der Waals surface area contributed by atoms with Gasteiger partial charge in [0.15, 0.2) is 11.5 Å². The fourth-order valence-corrected chi connectivity index (χ4v) is 4.71. The normalized spacial score (nSPS) is 34.9. The third kappa shape index (κ3) is 2.29. The van der Waals surface area contributed by atoms with Crippen LogP contribution in [0.1, 0.15) is 11.5 Å².